The predicted octanol–water partition coefficient (Wildman–Crippen LogP) is 4.34. The lowest BCUT2D eigenvalue weighted by atomic mass is 9.54. The normalized spacial score (nSPS) is 42.4. The van der Waals surface area contributed by atoms with Crippen LogP contribution in [0.2, 0.25) is 0 Å². The molecule has 1 saturated heterocycles. The monoisotopic (exact) mass is 386 g/mol. The van der Waals surface area contributed by atoms with Gasteiger partial charge in [0.25, 0.3) is 0 Å². The van der Waals surface area contributed by atoms with Crippen LogP contribution in [0.25, 0.3) is 0 Å². The van der Waals surface area contributed by atoms with E-state index in [0.29, 0.717) is 17.8 Å². The topological polar surface area (TPSA) is 58.9 Å². The first-order valence-electron chi connectivity index (χ1n) is 11.3. The Morgan fingerprint density at radius 1 is 1.14 bits per heavy atom. The summed E-state index contributed by atoms with van der Waals surface area (Å²) in [5, 5.41) is 20.8. The maximum atomic E-state index is 10.6. The van der Waals surface area contributed by atoms with Crippen LogP contribution >= 0.6 is 0 Å². The van der Waals surface area contributed by atoms with Gasteiger partial charge < -0.3 is 19.7 Å². The Kier molecular flexibility index (Phi) is 4.93. The van der Waals surface area contributed by atoms with Gasteiger partial charge >= 0.3 is 0 Å². The summed E-state index contributed by atoms with van der Waals surface area (Å²) in [6.45, 7) is 3.27. The standard InChI is InChI=1S/C24H34O4/c1-24-10-9-18-17-6-5-16(28-23-4-2-3-11-27-23)13-19(17)15(14-25)12-20(18)21(24)7-8-22(24)26/h5-6,13,15,18,20-23,25-26H,2-4,7-12,14H2,1H3/t15?,18?,20?,21?,22-,23?,24-/m0/s1. The first-order chi connectivity index (χ1) is 13.6. The molecule has 1 heterocycles. The first kappa shape index (κ1) is 18.9. The van der Waals surface area contributed by atoms with Crippen LogP contribution in [-0.4, -0.2) is 35.8 Å². The lowest BCUT2D eigenvalue weighted by Crippen LogP contribution is -2.44. The van der Waals surface area contributed by atoms with E-state index in [4.69, 9.17) is 9.47 Å². The van der Waals surface area contributed by atoms with Gasteiger partial charge in [-0.1, -0.05) is 13.0 Å². The Balaban J connectivity index is 1.43. The van der Waals surface area contributed by atoms with Gasteiger partial charge in [-0.05, 0) is 91.4 Å². The highest BCUT2D eigenvalue weighted by molar-refractivity contribution is 5.43. The molecule has 7 atom stereocenters. The van der Waals surface area contributed by atoms with Crippen LogP contribution in [0.15, 0.2) is 18.2 Å². The second kappa shape index (κ2) is 7.30. The molecule has 4 aliphatic rings. The summed E-state index contributed by atoms with van der Waals surface area (Å²) in [7, 11) is 0. The molecule has 3 aliphatic carbocycles. The summed E-state index contributed by atoms with van der Waals surface area (Å²) in [5.41, 5.74) is 2.76. The van der Waals surface area contributed by atoms with Gasteiger partial charge in [-0.15, -0.1) is 0 Å². The van der Waals surface area contributed by atoms with Crippen molar-refractivity contribution in [2.75, 3.05) is 13.2 Å². The van der Waals surface area contributed by atoms with Gasteiger partial charge in [-0.3, -0.25) is 0 Å². The van der Waals surface area contributed by atoms with Crippen LogP contribution < -0.4 is 4.74 Å². The second-order valence-corrected chi connectivity index (χ2v) is 9.83. The number of hydrogen-bond acceptors (Lipinski definition) is 4. The quantitative estimate of drug-likeness (QED) is 0.811. The Morgan fingerprint density at radius 3 is 2.82 bits per heavy atom. The van der Waals surface area contributed by atoms with Crippen LogP contribution in [-0.2, 0) is 4.74 Å². The number of fused-ring (bicyclic) bond motifs is 5. The number of hydrogen-bond donors (Lipinski definition) is 2. The zero-order chi connectivity index (χ0) is 19.3. The highest BCUT2D eigenvalue weighted by Gasteiger charge is 2.55. The molecule has 2 N–H and O–H groups in total. The van der Waals surface area contributed by atoms with Crippen molar-refractivity contribution in [1.82, 2.24) is 0 Å². The molecule has 0 spiro atoms. The Morgan fingerprint density at radius 2 is 2.04 bits per heavy atom. The Labute approximate surface area is 168 Å². The van der Waals surface area contributed by atoms with Gasteiger partial charge in [0, 0.05) is 18.9 Å². The molecule has 4 heteroatoms. The molecule has 28 heavy (non-hydrogen) atoms. The molecule has 1 aliphatic heterocycles. The lowest BCUT2D eigenvalue weighted by molar-refractivity contribution is -0.106. The molecule has 1 aromatic carbocycles. The van der Waals surface area contributed by atoms with E-state index in [2.05, 4.69) is 25.1 Å². The minimum Gasteiger partial charge on any atom is -0.465 e. The van der Waals surface area contributed by atoms with Crippen molar-refractivity contribution in [2.24, 2.45) is 17.3 Å². The average Bonchev–Trinajstić information content (AvgIpc) is 3.03. The zero-order valence-corrected chi connectivity index (χ0v) is 17.0. The molecule has 4 nitrogen and oxygen atoms in total. The van der Waals surface area contributed by atoms with Gasteiger partial charge in [0.15, 0.2) is 6.29 Å². The van der Waals surface area contributed by atoms with Crippen molar-refractivity contribution < 1.29 is 19.7 Å². The van der Waals surface area contributed by atoms with Crippen molar-refractivity contribution in [3.8, 4) is 5.75 Å². The SMILES string of the molecule is C[C@]12CCC3c4ccc(OC5CCCCO5)cc4C(CO)CC3C1CC[C@@H]2O. The molecule has 0 bridgehead atoms. The maximum absolute atomic E-state index is 10.6. The van der Waals surface area contributed by atoms with E-state index in [0.717, 1.165) is 63.7 Å². The van der Waals surface area contributed by atoms with Crippen LogP contribution in [0.4, 0.5) is 0 Å². The third kappa shape index (κ3) is 3.00. The van der Waals surface area contributed by atoms with Gasteiger partial charge in [0.2, 0.25) is 0 Å². The largest absolute Gasteiger partial charge is 0.465 e. The van der Waals surface area contributed by atoms with Gasteiger partial charge in [0.1, 0.15) is 5.75 Å². The number of rotatable bonds is 3. The second-order valence-electron chi connectivity index (χ2n) is 9.83. The number of aliphatic hydroxyl groups is 2. The van der Waals surface area contributed by atoms with E-state index in [1.165, 1.54) is 11.1 Å². The smallest absolute Gasteiger partial charge is 0.199 e. The van der Waals surface area contributed by atoms with E-state index >= 15 is 0 Å². The molecule has 5 unspecified atom stereocenters. The fraction of sp³-hybridized carbons (Fsp3) is 0.750. The van der Waals surface area contributed by atoms with Crippen molar-refractivity contribution in [3.05, 3.63) is 29.3 Å². The van der Waals surface area contributed by atoms with E-state index in [1.807, 2.05) is 0 Å². The van der Waals surface area contributed by atoms with E-state index < -0.39 is 0 Å². The highest BCUT2D eigenvalue weighted by atomic mass is 16.7. The van der Waals surface area contributed by atoms with E-state index in [9.17, 15) is 10.2 Å². The number of aliphatic hydroxyl groups excluding tert-OH is 2. The molecule has 1 aromatic rings. The van der Waals surface area contributed by atoms with Crippen molar-refractivity contribution in [2.45, 2.75) is 82.5 Å². The van der Waals surface area contributed by atoms with Crippen LogP contribution in [0.5, 0.6) is 5.75 Å². The number of ether oxygens (including phenoxy) is 2. The summed E-state index contributed by atoms with van der Waals surface area (Å²) >= 11 is 0. The Hall–Kier alpha value is -1.10. The summed E-state index contributed by atoms with van der Waals surface area (Å²) in [4.78, 5) is 0. The molecule has 5 rings (SSSR count). The summed E-state index contributed by atoms with van der Waals surface area (Å²) in [6.07, 6.45) is 8.30. The number of benzene rings is 1. The van der Waals surface area contributed by atoms with Crippen molar-refractivity contribution >= 4 is 0 Å². The van der Waals surface area contributed by atoms with Crippen molar-refractivity contribution in [3.63, 3.8) is 0 Å². The first-order valence-corrected chi connectivity index (χ1v) is 11.3. The molecule has 3 fully saturated rings. The zero-order valence-electron chi connectivity index (χ0n) is 17.0. The molecule has 154 valence electrons. The molecular weight excluding hydrogens is 352 g/mol. The maximum Gasteiger partial charge on any atom is 0.199 e. The van der Waals surface area contributed by atoms with Gasteiger partial charge in [0.05, 0.1) is 12.7 Å². The van der Waals surface area contributed by atoms with E-state index in [1.54, 1.807) is 0 Å². The molecule has 2 saturated carbocycles. The predicted molar refractivity (Wildman–Crippen MR) is 107 cm³/mol. The van der Waals surface area contributed by atoms with Crippen LogP contribution in [0, 0.1) is 17.3 Å². The highest BCUT2D eigenvalue weighted by Crippen LogP contribution is 2.62. The third-order valence-corrected chi connectivity index (χ3v) is 8.47. The summed E-state index contributed by atoms with van der Waals surface area (Å²) in [6, 6.07) is 6.52. The van der Waals surface area contributed by atoms with Crippen LogP contribution in [0.3, 0.4) is 0 Å². The molecular formula is C24H34O4. The minimum atomic E-state index is -0.154. The lowest BCUT2D eigenvalue weighted by Gasteiger charge is -2.51. The van der Waals surface area contributed by atoms with E-state index in [-0.39, 0.29) is 30.3 Å². The molecule has 0 radical (unpaired) electrons. The minimum absolute atomic E-state index is 0.0695. The fourth-order valence-electron chi connectivity index (χ4n) is 6.88. The third-order valence-electron chi connectivity index (χ3n) is 8.47. The average molecular weight is 387 g/mol. The summed E-state index contributed by atoms with van der Waals surface area (Å²) < 4.78 is 11.9. The summed E-state index contributed by atoms with van der Waals surface area (Å²) in [5.74, 6) is 2.76. The molecule has 0 amide bonds. The van der Waals surface area contributed by atoms with Crippen LogP contribution in [0.1, 0.15) is 81.3 Å². The Bertz CT molecular complexity index is 713. The fourth-order valence-corrected chi connectivity index (χ4v) is 6.88. The molecule has 0 aromatic heterocycles. The van der Waals surface area contributed by atoms with Gasteiger partial charge in [-0.25, -0.2) is 0 Å². The van der Waals surface area contributed by atoms with Crippen molar-refractivity contribution in [1.29, 1.82) is 0 Å². The van der Waals surface area contributed by atoms with Gasteiger partial charge in [-0.2, -0.15) is 0 Å².